The number of carbonyl (C=O) groups is 1. The number of aromatic amines is 1. The largest absolute Gasteiger partial charge is 0.481 e. The summed E-state index contributed by atoms with van der Waals surface area (Å²) in [5.74, 6) is 0.871. The van der Waals surface area contributed by atoms with Gasteiger partial charge in [0, 0.05) is 26.3 Å². The van der Waals surface area contributed by atoms with E-state index in [-0.39, 0.29) is 18.1 Å². The Kier molecular flexibility index (Phi) is 4.38. The van der Waals surface area contributed by atoms with Crippen molar-refractivity contribution in [1.82, 2.24) is 25.3 Å². The number of hydrogen-bond donors (Lipinski definition) is 2. The van der Waals surface area contributed by atoms with E-state index in [9.17, 15) is 4.79 Å². The first-order valence-corrected chi connectivity index (χ1v) is 7.16. The third-order valence-corrected chi connectivity index (χ3v) is 3.84. The number of rotatable bonds is 4. The molecule has 2 N–H and O–H groups in total. The number of ether oxygens (including phenoxy) is 2. The number of amides is 2. The summed E-state index contributed by atoms with van der Waals surface area (Å²) in [7, 11) is 3.16. The van der Waals surface area contributed by atoms with Crippen LogP contribution < -0.4 is 10.1 Å². The Morgan fingerprint density at radius 1 is 1.39 bits per heavy atom. The molecular formula is C14H18N6O3. The lowest BCUT2D eigenvalue weighted by Crippen LogP contribution is -2.34. The van der Waals surface area contributed by atoms with Crippen molar-refractivity contribution in [3.05, 3.63) is 30.1 Å². The maximum Gasteiger partial charge on any atom is 0.323 e. The first-order valence-electron chi connectivity index (χ1n) is 7.16. The van der Waals surface area contributed by atoms with Crippen molar-refractivity contribution in [2.45, 2.75) is 12.0 Å². The molecule has 2 aromatic heterocycles. The summed E-state index contributed by atoms with van der Waals surface area (Å²) in [5.41, 5.74) is 0.784. The lowest BCUT2D eigenvalue weighted by molar-refractivity contribution is 0.0987. The first-order chi connectivity index (χ1) is 11.2. The lowest BCUT2D eigenvalue weighted by atomic mass is 10.0. The zero-order chi connectivity index (χ0) is 16.2. The van der Waals surface area contributed by atoms with Crippen molar-refractivity contribution in [2.24, 2.45) is 0 Å². The number of nitrogens with one attached hydrogen (secondary N) is 2. The van der Waals surface area contributed by atoms with E-state index in [1.165, 1.54) is 7.11 Å². The molecule has 2 atom stereocenters. The molecule has 9 nitrogen and oxygen atoms in total. The second-order valence-electron chi connectivity index (χ2n) is 5.18. The third-order valence-electron chi connectivity index (χ3n) is 3.84. The molecule has 1 aliphatic heterocycles. The van der Waals surface area contributed by atoms with Gasteiger partial charge >= 0.3 is 6.03 Å². The Morgan fingerprint density at radius 3 is 2.96 bits per heavy atom. The van der Waals surface area contributed by atoms with E-state index in [4.69, 9.17) is 9.47 Å². The van der Waals surface area contributed by atoms with Gasteiger partial charge in [0.2, 0.25) is 5.88 Å². The van der Waals surface area contributed by atoms with Gasteiger partial charge in [0.05, 0.1) is 31.0 Å². The van der Waals surface area contributed by atoms with Crippen molar-refractivity contribution >= 4 is 11.8 Å². The molecule has 23 heavy (non-hydrogen) atoms. The summed E-state index contributed by atoms with van der Waals surface area (Å²) >= 11 is 0. The van der Waals surface area contributed by atoms with Crippen LogP contribution in [-0.4, -0.2) is 64.7 Å². The highest BCUT2D eigenvalue weighted by atomic mass is 16.5. The highest BCUT2D eigenvalue weighted by Gasteiger charge is 2.37. The fourth-order valence-corrected chi connectivity index (χ4v) is 2.64. The minimum absolute atomic E-state index is 0.0113. The van der Waals surface area contributed by atoms with Crippen LogP contribution in [0.1, 0.15) is 11.6 Å². The van der Waals surface area contributed by atoms with Crippen LogP contribution in [-0.2, 0) is 4.74 Å². The number of H-pyrrole nitrogens is 1. The maximum absolute atomic E-state index is 12.4. The molecule has 1 saturated heterocycles. The second kappa shape index (κ2) is 6.61. The van der Waals surface area contributed by atoms with Crippen molar-refractivity contribution in [1.29, 1.82) is 0 Å². The number of methoxy groups -OCH3 is 2. The molecule has 0 spiro atoms. The number of pyridine rings is 1. The molecule has 3 rings (SSSR count). The van der Waals surface area contributed by atoms with Gasteiger partial charge < -0.3 is 14.4 Å². The first kappa shape index (κ1) is 15.2. The molecule has 2 aromatic rings. The monoisotopic (exact) mass is 318 g/mol. The number of aromatic nitrogens is 4. The number of likely N-dealkylation sites (tertiary alicyclic amines) is 1. The number of anilines is 1. The number of hydrogen-bond acceptors (Lipinski definition) is 6. The fraction of sp³-hybridized carbons (Fsp3) is 0.429. The van der Waals surface area contributed by atoms with E-state index in [1.54, 1.807) is 36.4 Å². The third kappa shape index (κ3) is 3.24. The van der Waals surface area contributed by atoms with Crippen molar-refractivity contribution in [3.8, 4) is 5.88 Å². The van der Waals surface area contributed by atoms with Crippen LogP contribution in [0.15, 0.2) is 24.4 Å². The van der Waals surface area contributed by atoms with E-state index >= 15 is 0 Å². The van der Waals surface area contributed by atoms with Gasteiger partial charge in [-0.1, -0.05) is 6.07 Å². The van der Waals surface area contributed by atoms with Crippen LogP contribution in [0.25, 0.3) is 0 Å². The van der Waals surface area contributed by atoms with Crippen LogP contribution in [0.4, 0.5) is 10.6 Å². The predicted molar refractivity (Wildman–Crippen MR) is 81.3 cm³/mol. The molecule has 0 aliphatic carbocycles. The molecule has 1 aliphatic rings. The minimum atomic E-state index is -0.237. The summed E-state index contributed by atoms with van der Waals surface area (Å²) in [6, 6.07) is 4.95. The zero-order valence-electron chi connectivity index (χ0n) is 12.9. The molecule has 0 saturated carbocycles. The summed E-state index contributed by atoms with van der Waals surface area (Å²) in [6.45, 7) is 0.977. The zero-order valence-corrected chi connectivity index (χ0v) is 12.9. The highest BCUT2D eigenvalue weighted by molar-refractivity contribution is 5.88. The second-order valence-corrected chi connectivity index (χ2v) is 5.18. The van der Waals surface area contributed by atoms with Gasteiger partial charge in [-0.15, -0.1) is 0 Å². The maximum atomic E-state index is 12.4. The van der Waals surface area contributed by atoms with Crippen molar-refractivity contribution in [3.63, 3.8) is 0 Å². The quantitative estimate of drug-likeness (QED) is 0.866. The average molecular weight is 318 g/mol. The van der Waals surface area contributed by atoms with Gasteiger partial charge in [0.1, 0.15) is 5.82 Å². The summed E-state index contributed by atoms with van der Waals surface area (Å²) < 4.78 is 10.5. The molecule has 122 valence electrons. The van der Waals surface area contributed by atoms with E-state index < -0.39 is 0 Å². The Balaban J connectivity index is 1.68. The molecule has 9 heteroatoms. The van der Waals surface area contributed by atoms with Gasteiger partial charge in [-0.05, 0) is 6.07 Å². The molecule has 3 heterocycles. The molecule has 0 radical (unpaired) electrons. The Morgan fingerprint density at radius 2 is 2.26 bits per heavy atom. The molecule has 0 aromatic carbocycles. The predicted octanol–water partition coefficient (Wildman–Crippen LogP) is 0.855. The van der Waals surface area contributed by atoms with Crippen molar-refractivity contribution in [2.75, 3.05) is 32.6 Å². The number of carbonyl (C=O) groups excluding carboxylic acids is 1. The van der Waals surface area contributed by atoms with Gasteiger partial charge in [-0.25, -0.2) is 4.79 Å². The summed E-state index contributed by atoms with van der Waals surface area (Å²) in [4.78, 5) is 18.3. The number of nitrogens with zero attached hydrogens (tertiary/aromatic N) is 4. The molecule has 0 bridgehead atoms. The molecule has 1 fully saturated rings. The van der Waals surface area contributed by atoms with E-state index in [0.717, 1.165) is 5.69 Å². The SMILES string of the molecule is COc1cccc(NC(=O)N2C[C@@H](OC)[C@H](c3cn[nH]n3)C2)n1. The molecular weight excluding hydrogens is 300 g/mol. The highest BCUT2D eigenvalue weighted by Crippen LogP contribution is 2.28. The van der Waals surface area contributed by atoms with E-state index in [0.29, 0.717) is 24.8 Å². The van der Waals surface area contributed by atoms with Crippen LogP contribution in [0.3, 0.4) is 0 Å². The van der Waals surface area contributed by atoms with Gasteiger partial charge in [0.25, 0.3) is 0 Å². The van der Waals surface area contributed by atoms with E-state index in [1.807, 2.05) is 0 Å². The summed E-state index contributed by atoms with van der Waals surface area (Å²) in [5, 5.41) is 13.3. The normalized spacial score (nSPS) is 20.5. The topological polar surface area (TPSA) is 105 Å². The lowest BCUT2D eigenvalue weighted by Gasteiger charge is -2.16. The summed E-state index contributed by atoms with van der Waals surface area (Å²) in [6.07, 6.45) is 1.53. The fourth-order valence-electron chi connectivity index (χ4n) is 2.64. The Hall–Kier alpha value is -2.68. The van der Waals surface area contributed by atoms with Gasteiger partial charge in [-0.2, -0.15) is 20.4 Å². The van der Waals surface area contributed by atoms with Crippen LogP contribution in [0, 0.1) is 0 Å². The smallest absolute Gasteiger partial charge is 0.323 e. The molecule has 2 amide bonds. The molecule has 0 unspecified atom stereocenters. The van der Waals surface area contributed by atoms with E-state index in [2.05, 4.69) is 25.7 Å². The minimum Gasteiger partial charge on any atom is -0.481 e. The number of urea groups is 1. The van der Waals surface area contributed by atoms with Gasteiger partial charge in [-0.3, -0.25) is 5.32 Å². The average Bonchev–Trinajstić information content (AvgIpc) is 3.23. The standard InChI is InChI=1S/C14H18N6O3/c1-22-11-8-20(7-9(11)10-6-15-19-18-10)14(21)17-12-4-3-5-13(16-12)23-2/h3-6,9,11H,7-8H2,1-2H3,(H,15,18,19)(H,16,17,21)/t9-,11+/m0/s1. The van der Waals surface area contributed by atoms with Crippen LogP contribution in [0.2, 0.25) is 0 Å². The van der Waals surface area contributed by atoms with Crippen molar-refractivity contribution < 1.29 is 14.3 Å². The Bertz CT molecular complexity index is 662. The van der Waals surface area contributed by atoms with Crippen LogP contribution in [0.5, 0.6) is 5.88 Å². The Labute approximate surface area is 133 Å². The van der Waals surface area contributed by atoms with Gasteiger partial charge in [0.15, 0.2) is 0 Å². The van der Waals surface area contributed by atoms with Crippen LogP contribution >= 0.6 is 0 Å².